The average molecular weight is 223 g/mol. The number of nitrogens with zero attached hydrogens (tertiary/aromatic N) is 2. The van der Waals surface area contributed by atoms with E-state index in [4.69, 9.17) is 11.6 Å². The maximum absolute atomic E-state index is 11.3. The summed E-state index contributed by atoms with van der Waals surface area (Å²) in [4.78, 5) is 15.3. The third-order valence-electron chi connectivity index (χ3n) is 2.39. The number of hydrogen-bond donors (Lipinski definition) is 0. The van der Waals surface area contributed by atoms with Crippen LogP contribution in [0.25, 0.3) is 10.9 Å². The van der Waals surface area contributed by atoms with Gasteiger partial charge in [0, 0.05) is 24.2 Å². The van der Waals surface area contributed by atoms with Crippen molar-refractivity contribution in [2.45, 2.75) is 19.9 Å². The summed E-state index contributed by atoms with van der Waals surface area (Å²) in [5.74, 6) is 0.209. The molecule has 0 spiro atoms. The highest BCUT2D eigenvalue weighted by molar-refractivity contribution is 6.34. The van der Waals surface area contributed by atoms with Crippen molar-refractivity contribution in [3.63, 3.8) is 0 Å². The molecule has 4 heteroatoms. The van der Waals surface area contributed by atoms with Crippen LogP contribution in [0.4, 0.5) is 0 Å². The Kier molecular flexibility index (Phi) is 2.73. The van der Waals surface area contributed by atoms with Gasteiger partial charge in [0.25, 0.3) is 0 Å². The molecule has 3 nitrogen and oxygen atoms in total. The topological polar surface area (TPSA) is 34.9 Å². The molecule has 0 radical (unpaired) electrons. The Labute approximate surface area is 92.7 Å². The van der Waals surface area contributed by atoms with Gasteiger partial charge in [0.2, 0.25) is 0 Å². The van der Waals surface area contributed by atoms with Crippen molar-refractivity contribution in [2.75, 3.05) is 0 Å². The summed E-state index contributed by atoms with van der Waals surface area (Å²) < 4.78 is 1.90. The molecule has 2 heterocycles. The van der Waals surface area contributed by atoms with Crippen LogP contribution in [0.15, 0.2) is 24.5 Å². The molecular formula is C11H11ClN2O. The van der Waals surface area contributed by atoms with Gasteiger partial charge in [-0.3, -0.25) is 4.79 Å². The monoisotopic (exact) mass is 222 g/mol. The standard InChI is InChI=1S/C11H11ClN2O/c1-2-8(15)7-14-6-4-9-10(14)3-5-13-11(9)12/h3-6H,2,7H2,1H3. The molecule has 2 aromatic heterocycles. The SMILES string of the molecule is CCC(=O)Cn1ccc2c(Cl)nccc21. The van der Waals surface area contributed by atoms with E-state index in [9.17, 15) is 4.79 Å². The van der Waals surface area contributed by atoms with Crippen molar-refractivity contribution in [3.8, 4) is 0 Å². The molecular weight excluding hydrogens is 212 g/mol. The van der Waals surface area contributed by atoms with Crippen molar-refractivity contribution >= 4 is 28.3 Å². The van der Waals surface area contributed by atoms with Crippen LogP contribution in [0.3, 0.4) is 0 Å². The van der Waals surface area contributed by atoms with Crippen molar-refractivity contribution < 1.29 is 4.79 Å². The van der Waals surface area contributed by atoms with E-state index >= 15 is 0 Å². The predicted octanol–water partition coefficient (Wildman–Crippen LogP) is 2.67. The van der Waals surface area contributed by atoms with E-state index in [1.54, 1.807) is 6.20 Å². The summed E-state index contributed by atoms with van der Waals surface area (Å²) in [6.07, 6.45) is 4.07. The molecule has 15 heavy (non-hydrogen) atoms. The first kappa shape index (κ1) is 10.2. The van der Waals surface area contributed by atoms with Gasteiger partial charge in [0.05, 0.1) is 12.1 Å². The maximum Gasteiger partial charge on any atom is 0.152 e. The number of aromatic nitrogens is 2. The normalized spacial score (nSPS) is 10.8. The number of Topliss-reactive ketones (excluding diaryl/α,β-unsaturated/α-hetero) is 1. The Morgan fingerprint density at radius 3 is 3.07 bits per heavy atom. The molecule has 78 valence electrons. The summed E-state index contributed by atoms with van der Waals surface area (Å²) in [5.41, 5.74) is 0.955. The van der Waals surface area contributed by atoms with Gasteiger partial charge in [0.1, 0.15) is 5.15 Å². The molecule has 2 aromatic rings. The summed E-state index contributed by atoms with van der Waals surface area (Å²) in [7, 11) is 0. The van der Waals surface area contributed by atoms with E-state index in [1.165, 1.54) is 0 Å². The fourth-order valence-corrected chi connectivity index (χ4v) is 1.74. The summed E-state index contributed by atoms with van der Waals surface area (Å²) in [6.45, 7) is 2.27. The smallest absolute Gasteiger partial charge is 0.152 e. The van der Waals surface area contributed by atoms with Crippen LogP contribution in [-0.2, 0) is 11.3 Å². The number of fused-ring (bicyclic) bond motifs is 1. The molecule has 0 aliphatic carbocycles. The van der Waals surface area contributed by atoms with E-state index in [2.05, 4.69) is 4.98 Å². The Morgan fingerprint density at radius 2 is 2.33 bits per heavy atom. The van der Waals surface area contributed by atoms with Gasteiger partial charge in [-0.25, -0.2) is 4.98 Å². The highest BCUT2D eigenvalue weighted by Gasteiger charge is 2.06. The molecule has 0 aliphatic heterocycles. The molecule has 0 saturated heterocycles. The fraction of sp³-hybridized carbons (Fsp3) is 0.273. The quantitative estimate of drug-likeness (QED) is 0.749. The van der Waals surface area contributed by atoms with Crippen LogP contribution in [0.5, 0.6) is 0 Å². The zero-order valence-corrected chi connectivity index (χ0v) is 9.16. The first-order chi connectivity index (χ1) is 7.22. The van der Waals surface area contributed by atoms with Gasteiger partial charge in [0.15, 0.2) is 5.78 Å². The Balaban J connectivity index is 2.45. The van der Waals surface area contributed by atoms with E-state index in [1.807, 2.05) is 29.8 Å². The van der Waals surface area contributed by atoms with Crippen LogP contribution >= 0.6 is 11.6 Å². The van der Waals surface area contributed by atoms with Gasteiger partial charge in [-0.2, -0.15) is 0 Å². The first-order valence-electron chi connectivity index (χ1n) is 4.83. The molecule has 0 bridgehead atoms. The third-order valence-corrected chi connectivity index (χ3v) is 2.69. The van der Waals surface area contributed by atoms with Gasteiger partial charge >= 0.3 is 0 Å². The molecule has 0 fully saturated rings. The highest BCUT2D eigenvalue weighted by atomic mass is 35.5. The second-order valence-corrected chi connectivity index (χ2v) is 3.73. The average Bonchev–Trinajstić information content (AvgIpc) is 2.63. The lowest BCUT2D eigenvalue weighted by Crippen LogP contribution is -2.07. The molecule has 2 rings (SSSR count). The molecule has 0 aromatic carbocycles. The molecule has 0 saturated carbocycles. The zero-order chi connectivity index (χ0) is 10.8. The summed E-state index contributed by atoms with van der Waals surface area (Å²) in [6, 6.07) is 3.75. The molecule has 0 unspecified atom stereocenters. The molecule has 0 N–H and O–H groups in total. The third kappa shape index (κ3) is 1.88. The number of pyridine rings is 1. The minimum atomic E-state index is 0.209. The minimum absolute atomic E-state index is 0.209. The van der Waals surface area contributed by atoms with Crippen molar-refractivity contribution in [1.29, 1.82) is 0 Å². The number of rotatable bonds is 3. The fourth-order valence-electron chi connectivity index (χ4n) is 1.53. The molecule has 0 aliphatic rings. The Hall–Kier alpha value is -1.35. The van der Waals surface area contributed by atoms with Gasteiger partial charge in [-0.1, -0.05) is 18.5 Å². The highest BCUT2D eigenvalue weighted by Crippen LogP contribution is 2.21. The maximum atomic E-state index is 11.3. The lowest BCUT2D eigenvalue weighted by Gasteiger charge is -2.02. The van der Waals surface area contributed by atoms with E-state index in [0.717, 1.165) is 10.9 Å². The zero-order valence-electron chi connectivity index (χ0n) is 8.40. The van der Waals surface area contributed by atoms with Gasteiger partial charge < -0.3 is 4.57 Å². The number of carbonyl (C=O) groups is 1. The number of carbonyl (C=O) groups excluding carboxylic acids is 1. The lowest BCUT2D eigenvalue weighted by atomic mass is 10.3. The van der Waals surface area contributed by atoms with Gasteiger partial charge in [-0.15, -0.1) is 0 Å². The van der Waals surface area contributed by atoms with Crippen LogP contribution in [0, 0.1) is 0 Å². The minimum Gasteiger partial charge on any atom is -0.340 e. The largest absolute Gasteiger partial charge is 0.340 e. The second kappa shape index (κ2) is 4.03. The number of halogens is 1. The second-order valence-electron chi connectivity index (χ2n) is 3.37. The van der Waals surface area contributed by atoms with Crippen LogP contribution < -0.4 is 0 Å². The summed E-state index contributed by atoms with van der Waals surface area (Å²) in [5, 5.41) is 1.37. The summed E-state index contributed by atoms with van der Waals surface area (Å²) >= 11 is 5.93. The Morgan fingerprint density at radius 1 is 1.53 bits per heavy atom. The number of hydrogen-bond acceptors (Lipinski definition) is 2. The van der Waals surface area contributed by atoms with Crippen molar-refractivity contribution in [1.82, 2.24) is 9.55 Å². The number of ketones is 1. The lowest BCUT2D eigenvalue weighted by molar-refractivity contribution is -0.119. The van der Waals surface area contributed by atoms with E-state index in [-0.39, 0.29) is 5.78 Å². The van der Waals surface area contributed by atoms with E-state index in [0.29, 0.717) is 18.1 Å². The van der Waals surface area contributed by atoms with Crippen LogP contribution in [0.1, 0.15) is 13.3 Å². The predicted molar refractivity (Wildman–Crippen MR) is 60.0 cm³/mol. The van der Waals surface area contributed by atoms with Gasteiger partial charge in [-0.05, 0) is 12.1 Å². The van der Waals surface area contributed by atoms with Crippen molar-refractivity contribution in [3.05, 3.63) is 29.7 Å². The first-order valence-corrected chi connectivity index (χ1v) is 5.21. The molecule has 0 amide bonds. The van der Waals surface area contributed by atoms with Crippen molar-refractivity contribution in [2.24, 2.45) is 0 Å². The molecule has 0 atom stereocenters. The van der Waals surface area contributed by atoms with E-state index < -0.39 is 0 Å². The van der Waals surface area contributed by atoms with Crippen LogP contribution in [0.2, 0.25) is 5.15 Å². The van der Waals surface area contributed by atoms with Crippen LogP contribution in [-0.4, -0.2) is 15.3 Å². The Bertz CT molecular complexity index is 504.